The van der Waals surface area contributed by atoms with Crippen molar-refractivity contribution in [2.24, 2.45) is 0 Å². The molecule has 4 aliphatic rings. The molecule has 4 aliphatic carbocycles. The summed E-state index contributed by atoms with van der Waals surface area (Å²) in [6.45, 7) is 0. The summed E-state index contributed by atoms with van der Waals surface area (Å²) in [6, 6.07) is 11.0. The van der Waals surface area contributed by atoms with Gasteiger partial charge in [-0.05, 0) is 115 Å². The molecule has 0 saturated heterocycles. The Kier molecular flexibility index (Phi) is 13.8. The quantitative estimate of drug-likeness (QED) is 0.249. The molecule has 48 heavy (non-hydrogen) atoms. The third-order valence-corrected chi connectivity index (χ3v) is 12.9. The van der Waals surface area contributed by atoms with Crippen LogP contribution in [0.15, 0.2) is 30.3 Å². The van der Waals surface area contributed by atoms with E-state index in [9.17, 15) is 9.90 Å². The van der Waals surface area contributed by atoms with Crippen LogP contribution in [0.25, 0.3) is 0 Å². The van der Waals surface area contributed by atoms with Crippen LogP contribution in [0.3, 0.4) is 0 Å². The van der Waals surface area contributed by atoms with Crippen molar-refractivity contribution in [2.45, 2.75) is 203 Å². The number of hydrogen-bond donors (Lipinski definition) is 1. The van der Waals surface area contributed by atoms with Crippen molar-refractivity contribution >= 4 is 5.97 Å². The molecule has 3 heteroatoms. The first-order chi connectivity index (χ1) is 23.7. The molecule has 6 rings (SSSR count). The number of benzene rings is 2. The van der Waals surface area contributed by atoms with Gasteiger partial charge in [-0.2, -0.15) is 0 Å². The Balaban J connectivity index is 1.33. The summed E-state index contributed by atoms with van der Waals surface area (Å²) >= 11 is 0. The SMILES string of the molecule is O=C(Oc1ccc(C2CCCCCCC2)cc1C1CCCCCCC1)c1cc(C2CCCCCCC2)c(O)c(C2CCCCCCC2)c1. The number of phenols is 1. The first-order valence-electron chi connectivity index (χ1n) is 20.9. The monoisotopic (exact) mass is 655 g/mol. The van der Waals surface area contributed by atoms with Crippen molar-refractivity contribution in [3.8, 4) is 11.5 Å². The third-order valence-electron chi connectivity index (χ3n) is 12.9. The number of esters is 1. The number of carbonyl (C=O) groups is 1. The maximum atomic E-state index is 14.4. The Bertz CT molecular complexity index is 1220. The lowest BCUT2D eigenvalue weighted by Crippen LogP contribution is -2.15. The highest BCUT2D eigenvalue weighted by molar-refractivity contribution is 5.92. The van der Waals surface area contributed by atoms with Crippen molar-refractivity contribution in [2.75, 3.05) is 0 Å². The summed E-state index contributed by atoms with van der Waals surface area (Å²) in [5.74, 6) is 2.75. The average molecular weight is 655 g/mol. The topological polar surface area (TPSA) is 46.5 Å². The lowest BCUT2D eigenvalue weighted by Gasteiger charge is -2.27. The first-order valence-corrected chi connectivity index (χ1v) is 20.9. The summed E-state index contributed by atoms with van der Waals surface area (Å²) in [5, 5.41) is 11.9. The van der Waals surface area contributed by atoms with Crippen LogP contribution >= 0.6 is 0 Å². The molecule has 0 amide bonds. The zero-order valence-corrected chi connectivity index (χ0v) is 30.3. The molecule has 0 aliphatic heterocycles. The second-order valence-electron chi connectivity index (χ2n) is 16.4. The summed E-state index contributed by atoms with van der Waals surface area (Å²) in [4.78, 5) is 14.4. The maximum absolute atomic E-state index is 14.4. The van der Waals surface area contributed by atoms with Crippen LogP contribution in [0.2, 0.25) is 0 Å². The third kappa shape index (κ3) is 9.69. The van der Waals surface area contributed by atoms with Crippen LogP contribution in [-0.2, 0) is 0 Å². The van der Waals surface area contributed by atoms with Crippen LogP contribution in [0.1, 0.15) is 236 Å². The van der Waals surface area contributed by atoms with Gasteiger partial charge in [0.05, 0.1) is 5.56 Å². The molecule has 3 nitrogen and oxygen atoms in total. The van der Waals surface area contributed by atoms with E-state index < -0.39 is 0 Å². The second kappa shape index (κ2) is 18.6. The normalized spacial score (nSPS) is 22.6. The van der Waals surface area contributed by atoms with Crippen molar-refractivity contribution in [1.29, 1.82) is 0 Å². The molecule has 4 fully saturated rings. The molecule has 0 spiro atoms. The van der Waals surface area contributed by atoms with E-state index in [-0.39, 0.29) is 5.97 Å². The van der Waals surface area contributed by atoms with Gasteiger partial charge in [0, 0.05) is 0 Å². The molecule has 0 unspecified atom stereocenters. The Morgan fingerprint density at radius 3 is 1.23 bits per heavy atom. The van der Waals surface area contributed by atoms with Crippen LogP contribution in [0.5, 0.6) is 11.5 Å². The van der Waals surface area contributed by atoms with Gasteiger partial charge in [-0.1, -0.05) is 141 Å². The fourth-order valence-electron chi connectivity index (χ4n) is 9.90. The number of phenolic OH excluding ortho intramolecular Hbond substituents is 1. The molecular formula is C45H66O3. The van der Waals surface area contributed by atoms with E-state index in [0.29, 0.717) is 35.0 Å². The van der Waals surface area contributed by atoms with Gasteiger partial charge in [0.25, 0.3) is 0 Å². The minimum atomic E-state index is -0.236. The molecule has 2 aromatic carbocycles. The molecular weight excluding hydrogens is 588 g/mol. The number of hydrogen-bond acceptors (Lipinski definition) is 3. The van der Waals surface area contributed by atoms with Gasteiger partial charge in [-0.15, -0.1) is 0 Å². The average Bonchev–Trinajstić information content (AvgIpc) is 3.02. The van der Waals surface area contributed by atoms with Gasteiger partial charge in [0.2, 0.25) is 0 Å². The van der Waals surface area contributed by atoms with Crippen molar-refractivity contribution < 1.29 is 14.6 Å². The van der Waals surface area contributed by atoms with Gasteiger partial charge in [-0.3, -0.25) is 0 Å². The number of carbonyl (C=O) groups excluding carboxylic acids is 1. The minimum absolute atomic E-state index is 0.236. The van der Waals surface area contributed by atoms with E-state index in [0.717, 1.165) is 42.6 Å². The lowest BCUT2D eigenvalue weighted by molar-refractivity contribution is 0.0731. The predicted octanol–water partition coefficient (Wildman–Crippen LogP) is 13.9. The van der Waals surface area contributed by atoms with E-state index in [1.165, 1.54) is 165 Å². The van der Waals surface area contributed by atoms with Crippen LogP contribution in [-0.4, -0.2) is 11.1 Å². The van der Waals surface area contributed by atoms with E-state index in [4.69, 9.17) is 4.74 Å². The highest BCUT2D eigenvalue weighted by atomic mass is 16.5. The molecule has 0 bridgehead atoms. The van der Waals surface area contributed by atoms with Crippen LogP contribution < -0.4 is 4.74 Å². The summed E-state index contributed by atoms with van der Waals surface area (Å²) in [7, 11) is 0. The fraction of sp³-hybridized carbons (Fsp3) is 0.711. The Hall–Kier alpha value is -2.29. The molecule has 0 aromatic heterocycles. The highest BCUT2D eigenvalue weighted by Crippen LogP contribution is 2.44. The van der Waals surface area contributed by atoms with Gasteiger partial charge in [0.1, 0.15) is 11.5 Å². The van der Waals surface area contributed by atoms with Gasteiger partial charge >= 0.3 is 5.97 Å². The Morgan fingerprint density at radius 2 is 0.812 bits per heavy atom. The molecule has 264 valence electrons. The largest absolute Gasteiger partial charge is 0.507 e. The Morgan fingerprint density at radius 1 is 0.458 bits per heavy atom. The summed E-state index contributed by atoms with van der Waals surface area (Å²) < 4.78 is 6.54. The molecule has 0 atom stereocenters. The van der Waals surface area contributed by atoms with Crippen molar-refractivity contribution in [1.82, 2.24) is 0 Å². The van der Waals surface area contributed by atoms with Crippen molar-refractivity contribution in [3.63, 3.8) is 0 Å². The molecule has 2 aromatic rings. The minimum Gasteiger partial charge on any atom is -0.507 e. The van der Waals surface area contributed by atoms with Gasteiger partial charge in [0.15, 0.2) is 0 Å². The van der Waals surface area contributed by atoms with E-state index in [1.807, 2.05) is 12.1 Å². The van der Waals surface area contributed by atoms with E-state index in [2.05, 4.69) is 18.2 Å². The summed E-state index contributed by atoms with van der Waals surface area (Å²) in [6.07, 6.45) is 35.2. The summed E-state index contributed by atoms with van der Waals surface area (Å²) in [5.41, 5.74) is 5.43. The highest BCUT2D eigenvalue weighted by Gasteiger charge is 2.28. The molecule has 4 saturated carbocycles. The van der Waals surface area contributed by atoms with E-state index >= 15 is 0 Å². The molecule has 0 heterocycles. The number of aromatic hydroxyl groups is 1. The van der Waals surface area contributed by atoms with Crippen LogP contribution in [0, 0.1) is 0 Å². The lowest BCUT2D eigenvalue weighted by atomic mass is 9.80. The smallest absolute Gasteiger partial charge is 0.343 e. The standard InChI is InChI=1S/C45H66O3/c46-44-41(36-25-17-9-3-10-18-26-36)32-39(33-42(44)37-27-19-11-4-12-20-28-37)45(47)48-43-30-29-38(34-21-13-5-1-6-14-22-34)31-40(43)35-23-15-7-2-8-16-24-35/h29-37,46H,1-28H2. The molecule has 0 radical (unpaired) electrons. The number of rotatable bonds is 6. The van der Waals surface area contributed by atoms with Crippen molar-refractivity contribution in [3.05, 3.63) is 58.1 Å². The van der Waals surface area contributed by atoms with E-state index in [1.54, 1.807) is 0 Å². The predicted molar refractivity (Wildman–Crippen MR) is 200 cm³/mol. The zero-order chi connectivity index (χ0) is 33.0. The number of ether oxygens (including phenoxy) is 1. The first kappa shape index (κ1) is 35.5. The van der Waals surface area contributed by atoms with Gasteiger partial charge in [-0.25, -0.2) is 4.79 Å². The second-order valence-corrected chi connectivity index (χ2v) is 16.4. The van der Waals surface area contributed by atoms with Gasteiger partial charge < -0.3 is 9.84 Å². The van der Waals surface area contributed by atoms with Crippen LogP contribution in [0.4, 0.5) is 0 Å². The maximum Gasteiger partial charge on any atom is 0.343 e. The Labute approximate surface area is 293 Å². The fourth-order valence-corrected chi connectivity index (χ4v) is 9.90. The zero-order valence-electron chi connectivity index (χ0n) is 30.3. The molecule has 1 N–H and O–H groups in total.